The standard InChI is InChI=1S/C17H23F.C2H6.C2H4/c1-3-5-8-15-11-13-16(14-12-15)9-6-7-10-17(18)4-2;2*1-2/h4,7,10-14H,3,5-6,8-9H2,1-2H3;1-2H3;1-2H2/b10-7-,17-4+;;. The fourth-order valence-electron chi connectivity index (χ4n) is 1.80. The largest absolute Gasteiger partial charge is 0.207 e. The van der Waals surface area contributed by atoms with Gasteiger partial charge in [-0.2, -0.15) is 0 Å². The van der Waals surface area contributed by atoms with Crippen molar-refractivity contribution in [3.8, 4) is 0 Å². The summed E-state index contributed by atoms with van der Waals surface area (Å²) in [6, 6.07) is 8.79. The summed E-state index contributed by atoms with van der Waals surface area (Å²) >= 11 is 0. The molecule has 0 saturated carbocycles. The number of unbranched alkanes of at least 4 members (excludes halogenated alkanes) is 1. The molecule has 0 aliphatic carbocycles. The SMILES string of the molecule is C/C=C(F)\C=C/CCc1ccc(CCCC)cc1.C=C.CC. The van der Waals surface area contributed by atoms with Crippen molar-refractivity contribution in [2.24, 2.45) is 0 Å². The van der Waals surface area contributed by atoms with Crippen LogP contribution in [0, 0.1) is 0 Å². The molecule has 22 heavy (non-hydrogen) atoms. The lowest BCUT2D eigenvalue weighted by Crippen LogP contribution is -1.87. The molecule has 1 aromatic carbocycles. The molecule has 0 bridgehead atoms. The minimum atomic E-state index is -0.162. The van der Waals surface area contributed by atoms with Crippen LogP contribution in [0.3, 0.4) is 0 Å². The van der Waals surface area contributed by atoms with Crippen LogP contribution < -0.4 is 0 Å². The number of hydrogen-bond donors (Lipinski definition) is 0. The average molecular weight is 304 g/mol. The van der Waals surface area contributed by atoms with Crippen LogP contribution in [-0.4, -0.2) is 0 Å². The highest BCUT2D eigenvalue weighted by atomic mass is 19.1. The molecule has 0 saturated heterocycles. The van der Waals surface area contributed by atoms with Crippen molar-refractivity contribution in [1.29, 1.82) is 0 Å². The van der Waals surface area contributed by atoms with Gasteiger partial charge in [0, 0.05) is 0 Å². The highest BCUT2D eigenvalue weighted by Crippen LogP contribution is 2.10. The van der Waals surface area contributed by atoms with Gasteiger partial charge in [0.25, 0.3) is 0 Å². The van der Waals surface area contributed by atoms with Crippen LogP contribution >= 0.6 is 0 Å². The molecule has 0 spiro atoms. The average Bonchev–Trinajstić information content (AvgIpc) is 2.61. The molecular formula is C21H33F. The summed E-state index contributed by atoms with van der Waals surface area (Å²) < 4.78 is 12.8. The first-order chi connectivity index (χ1) is 10.8. The van der Waals surface area contributed by atoms with E-state index >= 15 is 0 Å². The minimum Gasteiger partial charge on any atom is -0.207 e. The summed E-state index contributed by atoms with van der Waals surface area (Å²) in [5.74, 6) is -0.162. The summed E-state index contributed by atoms with van der Waals surface area (Å²) in [6.07, 6.45) is 10.4. The minimum absolute atomic E-state index is 0.162. The third-order valence-corrected chi connectivity index (χ3v) is 2.99. The molecular weight excluding hydrogens is 271 g/mol. The van der Waals surface area contributed by atoms with Crippen molar-refractivity contribution >= 4 is 0 Å². The zero-order valence-corrected chi connectivity index (χ0v) is 14.9. The van der Waals surface area contributed by atoms with Gasteiger partial charge in [-0.05, 0) is 49.8 Å². The fraction of sp³-hybridized carbons (Fsp3) is 0.429. The van der Waals surface area contributed by atoms with Crippen molar-refractivity contribution in [2.75, 3.05) is 0 Å². The van der Waals surface area contributed by atoms with Gasteiger partial charge in [0.1, 0.15) is 5.83 Å². The Kier molecular flexibility index (Phi) is 17.9. The third-order valence-electron chi connectivity index (χ3n) is 2.99. The monoisotopic (exact) mass is 304 g/mol. The maximum Gasteiger partial charge on any atom is 0.118 e. The van der Waals surface area contributed by atoms with Gasteiger partial charge in [0.2, 0.25) is 0 Å². The van der Waals surface area contributed by atoms with Crippen LogP contribution in [0.2, 0.25) is 0 Å². The molecule has 0 radical (unpaired) electrons. The molecule has 0 atom stereocenters. The zero-order chi connectivity index (χ0) is 17.2. The summed E-state index contributed by atoms with van der Waals surface area (Å²) in [4.78, 5) is 0. The lowest BCUT2D eigenvalue weighted by atomic mass is 10.0. The van der Waals surface area contributed by atoms with Gasteiger partial charge in [-0.25, -0.2) is 4.39 Å². The van der Waals surface area contributed by atoms with Crippen LogP contribution in [-0.2, 0) is 12.8 Å². The lowest BCUT2D eigenvalue weighted by Gasteiger charge is -2.02. The van der Waals surface area contributed by atoms with E-state index < -0.39 is 0 Å². The Labute approximate surface area is 137 Å². The molecule has 0 aromatic heterocycles. The number of aryl methyl sites for hydroxylation is 2. The van der Waals surface area contributed by atoms with E-state index in [-0.39, 0.29) is 5.83 Å². The van der Waals surface area contributed by atoms with Crippen LogP contribution in [0.15, 0.2) is 61.5 Å². The van der Waals surface area contributed by atoms with E-state index in [2.05, 4.69) is 44.3 Å². The molecule has 0 aliphatic heterocycles. The summed E-state index contributed by atoms with van der Waals surface area (Å²) in [5, 5.41) is 0. The predicted octanol–water partition coefficient (Wildman–Crippen LogP) is 7.22. The first-order valence-corrected chi connectivity index (χ1v) is 8.32. The molecule has 0 nitrogen and oxygen atoms in total. The van der Waals surface area contributed by atoms with E-state index in [1.54, 1.807) is 6.92 Å². The van der Waals surface area contributed by atoms with E-state index in [9.17, 15) is 4.39 Å². The van der Waals surface area contributed by atoms with Gasteiger partial charge in [-0.15, -0.1) is 13.2 Å². The van der Waals surface area contributed by atoms with Gasteiger partial charge < -0.3 is 0 Å². The molecule has 0 fully saturated rings. The first-order valence-electron chi connectivity index (χ1n) is 8.32. The fourth-order valence-corrected chi connectivity index (χ4v) is 1.80. The topological polar surface area (TPSA) is 0 Å². The van der Waals surface area contributed by atoms with Crippen molar-refractivity contribution in [3.63, 3.8) is 0 Å². The smallest absolute Gasteiger partial charge is 0.118 e. The Morgan fingerprint density at radius 3 is 2.00 bits per heavy atom. The van der Waals surface area contributed by atoms with E-state index in [0.29, 0.717) is 0 Å². The van der Waals surface area contributed by atoms with E-state index in [4.69, 9.17) is 0 Å². The van der Waals surface area contributed by atoms with Gasteiger partial charge in [0.15, 0.2) is 0 Å². The second-order valence-electron chi connectivity index (χ2n) is 4.53. The van der Waals surface area contributed by atoms with Gasteiger partial charge in [-0.1, -0.05) is 63.6 Å². The number of rotatable bonds is 7. The molecule has 0 amide bonds. The van der Waals surface area contributed by atoms with E-state index in [1.807, 2.05) is 19.9 Å². The van der Waals surface area contributed by atoms with Crippen LogP contribution in [0.25, 0.3) is 0 Å². The van der Waals surface area contributed by atoms with Gasteiger partial charge in [0.05, 0.1) is 0 Å². The van der Waals surface area contributed by atoms with Crippen LogP contribution in [0.4, 0.5) is 4.39 Å². The molecule has 0 unspecified atom stereocenters. The van der Waals surface area contributed by atoms with Crippen molar-refractivity contribution in [1.82, 2.24) is 0 Å². The number of halogens is 1. The predicted molar refractivity (Wildman–Crippen MR) is 100.0 cm³/mol. The first kappa shape index (κ1) is 22.6. The summed E-state index contributed by atoms with van der Waals surface area (Å²) in [7, 11) is 0. The molecule has 0 heterocycles. The number of allylic oxidation sites excluding steroid dienone is 4. The normalized spacial score (nSPS) is 10.5. The Morgan fingerprint density at radius 1 is 1.05 bits per heavy atom. The highest BCUT2D eigenvalue weighted by Gasteiger charge is 1.94. The maximum atomic E-state index is 12.8. The molecule has 0 N–H and O–H groups in total. The third kappa shape index (κ3) is 12.1. The van der Waals surface area contributed by atoms with Crippen LogP contribution in [0.1, 0.15) is 58.1 Å². The van der Waals surface area contributed by atoms with E-state index in [1.165, 1.54) is 42.5 Å². The summed E-state index contributed by atoms with van der Waals surface area (Å²) in [5.41, 5.74) is 2.73. The quantitative estimate of drug-likeness (QED) is 0.368. The van der Waals surface area contributed by atoms with Crippen molar-refractivity contribution in [2.45, 2.75) is 59.8 Å². The Balaban J connectivity index is 0. The molecule has 1 rings (SSSR count). The molecule has 124 valence electrons. The van der Waals surface area contributed by atoms with Crippen molar-refractivity contribution < 1.29 is 4.39 Å². The number of benzene rings is 1. The Morgan fingerprint density at radius 2 is 1.55 bits per heavy atom. The van der Waals surface area contributed by atoms with Gasteiger partial charge >= 0.3 is 0 Å². The Bertz CT molecular complexity index is 398. The molecule has 1 aromatic rings. The van der Waals surface area contributed by atoms with Crippen LogP contribution in [0.5, 0.6) is 0 Å². The second-order valence-corrected chi connectivity index (χ2v) is 4.53. The Hall–Kier alpha value is -1.63. The number of hydrogen-bond acceptors (Lipinski definition) is 0. The lowest BCUT2D eigenvalue weighted by molar-refractivity contribution is 0.664. The molecule has 0 aliphatic rings. The second kappa shape index (κ2) is 17.4. The highest BCUT2D eigenvalue weighted by molar-refractivity contribution is 5.23. The zero-order valence-electron chi connectivity index (χ0n) is 14.9. The van der Waals surface area contributed by atoms with E-state index in [0.717, 1.165) is 12.8 Å². The maximum absolute atomic E-state index is 12.8. The van der Waals surface area contributed by atoms with Crippen molar-refractivity contribution in [3.05, 3.63) is 72.6 Å². The van der Waals surface area contributed by atoms with Gasteiger partial charge in [-0.3, -0.25) is 0 Å². The summed E-state index contributed by atoms with van der Waals surface area (Å²) in [6.45, 7) is 13.9. The molecule has 1 heteroatoms.